The molecule has 3 rings (SSSR count). The maximum Gasteiger partial charge on any atom is 0.261 e. The highest BCUT2D eigenvalue weighted by Crippen LogP contribution is 2.33. The van der Waals surface area contributed by atoms with Crippen LogP contribution in [0.5, 0.6) is 0 Å². The number of sulfonamides is 1. The van der Waals surface area contributed by atoms with Crippen molar-refractivity contribution in [2.45, 2.75) is 49.8 Å². The molecule has 0 atom stereocenters. The van der Waals surface area contributed by atoms with Gasteiger partial charge in [-0.3, -0.25) is 9.52 Å². The lowest BCUT2D eigenvalue weighted by Crippen LogP contribution is -2.22. The smallest absolute Gasteiger partial charge is 0.261 e. The zero-order chi connectivity index (χ0) is 20.3. The third-order valence-corrected chi connectivity index (χ3v) is 6.78. The first-order valence-electron chi connectivity index (χ1n) is 9.73. The third-order valence-electron chi connectivity index (χ3n) is 5.40. The van der Waals surface area contributed by atoms with Gasteiger partial charge >= 0.3 is 0 Å². The quantitative estimate of drug-likeness (QED) is 0.801. The Labute approximate surface area is 167 Å². The van der Waals surface area contributed by atoms with Crippen molar-refractivity contribution >= 4 is 21.6 Å². The first kappa shape index (κ1) is 20.4. The molecule has 1 N–H and O–H groups in total. The molecular formula is C22H28N2O3S. The van der Waals surface area contributed by atoms with Crippen LogP contribution < -0.4 is 4.72 Å². The predicted molar refractivity (Wildman–Crippen MR) is 112 cm³/mol. The van der Waals surface area contributed by atoms with Gasteiger partial charge in [0.1, 0.15) is 0 Å². The summed E-state index contributed by atoms with van der Waals surface area (Å²) in [5.74, 6) is 0.367. The maximum absolute atomic E-state index is 12.8. The fourth-order valence-corrected chi connectivity index (χ4v) is 4.80. The first-order valence-corrected chi connectivity index (χ1v) is 11.2. The van der Waals surface area contributed by atoms with Crippen molar-refractivity contribution in [2.24, 2.45) is 0 Å². The van der Waals surface area contributed by atoms with Crippen molar-refractivity contribution in [2.75, 3.05) is 18.8 Å². The number of nitrogens with zero attached hydrogens (tertiary/aromatic N) is 1. The number of hydrogen-bond donors (Lipinski definition) is 1. The number of benzene rings is 2. The Balaban J connectivity index is 1.81. The highest BCUT2D eigenvalue weighted by molar-refractivity contribution is 7.92. The van der Waals surface area contributed by atoms with Gasteiger partial charge in [-0.25, -0.2) is 8.42 Å². The molecule has 0 saturated heterocycles. The average Bonchev–Trinajstić information content (AvgIpc) is 2.69. The maximum atomic E-state index is 12.8. The SMILES string of the molecule is Cc1ccc(C(=O)N(C)C)cc1NS(=O)(=O)c1ccc(C2CCCCC2)cc1. The molecule has 0 radical (unpaired) electrons. The molecule has 5 nitrogen and oxygen atoms in total. The minimum absolute atomic E-state index is 0.169. The molecule has 1 fully saturated rings. The Bertz CT molecular complexity index is 944. The summed E-state index contributed by atoms with van der Waals surface area (Å²) >= 11 is 0. The van der Waals surface area contributed by atoms with Gasteiger partial charge in [-0.2, -0.15) is 0 Å². The van der Waals surface area contributed by atoms with Gasteiger partial charge in [0.05, 0.1) is 10.6 Å². The van der Waals surface area contributed by atoms with Crippen LogP contribution in [0.1, 0.15) is 59.5 Å². The molecule has 6 heteroatoms. The second-order valence-electron chi connectivity index (χ2n) is 7.74. The Morgan fingerprint density at radius 2 is 1.64 bits per heavy atom. The van der Waals surface area contributed by atoms with Crippen LogP contribution in [0.3, 0.4) is 0 Å². The van der Waals surface area contributed by atoms with Gasteiger partial charge < -0.3 is 4.90 Å². The second-order valence-corrected chi connectivity index (χ2v) is 9.42. The molecule has 0 spiro atoms. The Morgan fingerprint density at radius 1 is 1.00 bits per heavy atom. The van der Waals surface area contributed by atoms with E-state index < -0.39 is 10.0 Å². The van der Waals surface area contributed by atoms with Gasteiger partial charge in [0.25, 0.3) is 15.9 Å². The topological polar surface area (TPSA) is 66.5 Å². The summed E-state index contributed by atoms with van der Waals surface area (Å²) in [4.78, 5) is 13.9. The molecule has 1 aliphatic carbocycles. The van der Waals surface area contributed by atoms with E-state index >= 15 is 0 Å². The highest BCUT2D eigenvalue weighted by atomic mass is 32.2. The number of hydrogen-bond acceptors (Lipinski definition) is 3. The van der Waals surface area contributed by atoms with Gasteiger partial charge in [-0.15, -0.1) is 0 Å². The molecule has 28 heavy (non-hydrogen) atoms. The molecule has 0 bridgehead atoms. The molecular weight excluding hydrogens is 372 g/mol. The van der Waals surface area contributed by atoms with Crippen molar-refractivity contribution in [3.8, 4) is 0 Å². The molecule has 1 amide bonds. The van der Waals surface area contributed by atoms with E-state index in [0.717, 1.165) is 5.56 Å². The summed E-state index contributed by atoms with van der Waals surface area (Å²) < 4.78 is 28.3. The number of aryl methyl sites for hydroxylation is 1. The lowest BCUT2D eigenvalue weighted by atomic mass is 9.84. The van der Waals surface area contributed by atoms with E-state index in [4.69, 9.17) is 0 Å². The summed E-state index contributed by atoms with van der Waals surface area (Å²) in [7, 11) is -0.388. The summed E-state index contributed by atoms with van der Waals surface area (Å²) in [6, 6.07) is 12.3. The van der Waals surface area contributed by atoms with Crippen LogP contribution in [-0.2, 0) is 10.0 Å². The number of carbonyl (C=O) groups excluding carboxylic acids is 1. The van der Waals surface area contributed by atoms with Crippen molar-refractivity contribution in [1.82, 2.24) is 4.90 Å². The molecule has 0 aliphatic heterocycles. The third kappa shape index (κ3) is 4.55. The summed E-state index contributed by atoms with van der Waals surface area (Å²) in [5, 5.41) is 0. The largest absolute Gasteiger partial charge is 0.345 e. The van der Waals surface area contributed by atoms with Crippen molar-refractivity contribution < 1.29 is 13.2 Å². The minimum Gasteiger partial charge on any atom is -0.345 e. The first-order chi connectivity index (χ1) is 13.3. The van der Waals surface area contributed by atoms with E-state index in [1.165, 1.54) is 42.6 Å². The lowest BCUT2D eigenvalue weighted by molar-refractivity contribution is 0.0827. The number of carbonyl (C=O) groups is 1. The van der Waals surface area contributed by atoms with E-state index in [-0.39, 0.29) is 10.8 Å². The van der Waals surface area contributed by atoms with Crippen molar-refractivity contribution in [1.29, 1.82) is 0 Å². The Kier molecular flexibility index (Phi) is 6.08. The van der Waals surface area contributed by atoms with Crippen molar-refractivity contribution in [3.63, 3.8) is 0 Å². The molecule has 2 aromatic rings. The lowest BCUT2D eigenvalue weighted by Gasteiger charge is -2.22. The van der Waals surface area contributed by atoms with E-state index in [2.05, 4.69) is 4.72 Å². The zero-order valence-corrected chi connectivity index (χ0v) is 17.6. The van der Waals surface area contributed by atoms with Gasteiger partial charge in [-0.1, -0.05) is 37.5 Å². The minimum atomic E-state index is -3.72. The van der Waals surface area contributed by atoms with Gasteiger partial charge in [0, 0.05) is 19.7 Å². The standard InChI is InChI=1S/C22H28N2O3S/c1-16-9-10-19(22(25)24(2)3)15-21(16)23-28(26,27)20-13-11-18(12-14-20)17-7-5-4-6-8-17/h9-15,17,23H,4-8H2,1-3H3. The monoisotopic (exact) mass is 400 g/mol. The summed E-state index contributed by atoms with van der Waals surface area (Å²) in [6.07, 6.45) is 6.13. The molecule has 1 saturated carbocycles. The fraction of sp³-hybridized carbons (Fsp3) is 0.409. The van der Waals surface area contributed by atoms with Gasteiger partial charge in [0.15, 0.2) is 0 Å². The van der Waals surface area contributed by atoms with E-state index in [1.54, 1.807) is 44.4 Å². The Hall–Kier alpha value is -2.34. The van der Waals surface area contributed by atoms with Crippen LogP contribution in [0.15, 0.2) is 47.4 Å². The normalized spacial score (nSPS) is 15.2. The van der Waals surface area contributed by atoms with Crippen LogP contribution in [0, 0.1) is 6.92 Å². The number of rotatable bonds is 5. The van der Waals surface area contributed by atoms with E-state index in [1.807, 2.05) is 19.1 Å². The second kappa shape index (κ2) is 8.35. The van der Waals surface area contributed by atoms with Crippen LogP contribution in [0.4, 0.5) is 5.69 Å². The van der Waals surface area contributed by atoms with Gasteiger partial charge in [0.2, 0.25) is 0 Å². The highest BCUT2D eigenvalue weighted by Gasteiger charge is 2.19. The molecule has 1 aliphatic rings. The Morgan fingerprint density at radius 3 is 2.25 bits per heavy atom. The summed E-state index contributed by atoms with van der Waals surface area (Å²) in [5.41, 5.74) is 2.84. The number of nitrogens with one attached hydrogen (secondary N) is 1. The van der Waals surface area contributed by atoms with Crippen molar-refractivity contribution in [3.05, 3.63) is 59.2 Å². The molecule has 0 heterocycles. The number of anilines is 1. The van der Waals surface area contributed by atoms with Crippen LogP contribution in [0.2, 0.25) is 0 Å². The van der Waals surface area contributed by atoms with Crippen LogP contribution in [-0.4, -0.2) is 33.3 Å². The molecule has 0 unspecified atom stereocenters. The van der Waals surface area contributed by atoms with Crippen LogP contribution in [0.25, 0.3) is 0 Å². The fourth-order valence-electron chi connectivity index (χ4n) is 3.68. The predicted octanol–water partition coefficient (Wildman–Crippen LogP) is 4.55. The van der Waals surface area contributed by atoms with E-state index in [0.29, 0.717) is 17.2 Å². The van der Waals surface area contributed by atoms with Crippen LogP contribution >= 0.6 is 0 Å². The molecule has 0 aromatic heterocycles. The molecule has 150 valence electrons. The zero-order valence-electron chi connectivity index (χ0n) is 16.7. The van der Waals surface area contributed by atoms with E-state index in [9.17, 15) is 13.2 Å². The summed E-state index contributed by atoms with van der Waals surface area (Å²) in [6.45, 7) is 1.81. The number of amides is 1. The molecule has 2 aromatic carbocycles. The van der Waals surface area contributed by atoms with Gasteiger partial charge in [-0.05, 0) is 61.1 Å². The average molecular weight is 401 g/mol.